The molecule has 118 valence electrons. The lowest BCUT2D eigenvalue weighted by atomic mass is 10.4. The first kappa shape index (κ1) is 18.8. The van der Waals surface area contributed by atoms with Gasteiger partial charge in [-0.25, -0.2) is 0 Å². The number of nitrogens with one attached hydrogen (secondary N) is 2. The Morgan fingerprint density at radius 3 is 2.20 bits per heavy atom. The number of carbonyl (C=O) groups is 2. The minimum absolute atomic E-state index is 0.00799. The lowest BCUT2D eigenvalue weighted by molar-refractivity contribution is -0.125. The van der Waals surface area contributed by atoms with Crippen molar-refractivity contribution in [1.29, 1.82) is 0 Å². The third kappa shape index (κ3) is 13.3. The van der Waals surface area contributed by atoms with E-state index in [1.165, 1.54) is 7.11 Å². The van der Waals surface area contributed by atoms with Crippen LogP contribution < -0.4 is 10.6 Å². The minimum Gasteiger partial charge on any atom is -0.379 e. The summed E-state index contributed by atoms with van der Waals surface area (Å²) in [6.07, 6.45) is 1.30. The summed E-state index contributed by atoms with van der Waals surface area (Å²) in [4.78, 5) is 22.2. The highest BCUT2D eigenvalue weighted by Gasteiger charge is 2.00. The first-order chi connectivity index (χ1) is 9.70. The zero-order chi connectivity index (χ0) is 15.1. The Morgan fingerprint density at radius 1 is 0.900 bits per heavy atom. The molecule has 7 nitrogen and oxygen atoms in total. The van der Waals surface area contributed by atoms with Gasteiger partial charge in [-0.3, -0.25) is 9.59 Å². The van der Waals surface area contributed by atoms with Crippen LogP contribution in [-0.4, -0.2) is 65.0 Å². The molecule has 0 radical (unpaired) electrons. The number of hydrogen-bond donors (Lipinski definition) is 2. The van der Waals surface area contributed by atoms with Crippen LogP contribution in [0.1, 0.15) is 19.8 Å². The Labute approximate surface area is 120 Å². The second kappa shape index (κ2) is 14.2. The number of hydrogen-bond acceptors (Lipinski definition) is 5. The van der Waals surface area contributed by atoms with E-state index in [1.807, 2.05) is 6.92 Å². The predicted molar refractivity (Wildman–Crippen MR) is 74.4 cm³/mol. The number of amides is 2. The molecule has 0 aromatic carbocycles. The van der Waals surface area contributed by atoms with Crippen LogP contribution in [0.15, 0.2) is 0 Å². The summed E-state index contributed by atoms with van der Waals surface area (Å²) in [7, 11) is 1.47. The molecule has 2 N–H and O–H groups in total. The molecule has 0 fully saturated rings. The van der Waals surface area contributed by atoms with Gasteiger partial charge in [0.1, 0.15) is 6.61 Å². The third-order valence-corrected chi connectivity index (χ3v) is 2.26. The number of ether oxygens (including phenoxy) is 3. The van der Waals surface area contributed by atoms with Crippen molar-refractivity contribution in [2.75, 3.05) is 53.2 Å². The van der Waals surface area contributed by atoms with Crippen LogP contribution in [0.4, 0.5) is 0 Å². The minimum atomic E-state index is -0.162. The topological polar surface area (TPSA) is 85.9 Å². The van der Waals surface area contributed by atoms with Gasteiger partial charge in [-0.15, -0.1) is 0 Å². The fourth-order valence-electron chi connectivity index (χ4n) is 1.28. The largest absolute Gasteiger partial charge is 0.379 e. The molecule has 0 aliphatic rings. The molecule has 0 saturated heterocycles. The average molecular weight is 290 g/mol. The molecule has 0 spiro atoms. The van der Waals surface area contributed by atoms with Gasteiger partial charge in [-0.2, -0.15) is 0 Å². The SMILES string of the molecule is CCCNC(=O)CCOCCOCCNC(=O)COC. The monoisotopic (exact) mass is 290 g/mol. The van der Waals surface area contributed by atoms with Gasteiger partial charge in [0.2, 0.25) is 11.8 Å². The third-order valence-electron chi connectivity index (χ3n) is 2.26. The van der Waals surface area contributed by atoms with Gasteiger partial charge in [0.05, 0.1) is 26.4 Å². The van der Waals surface area contributed by atoms with E-state index < -0.39 is 0 Å². The molecule has 7 heteroatoms. The van der Waals surface area contributed by atoms with E-state index in [2.05, 4.69) is 15.4 Å². The molecule has 20 heavy (non-hydrogen) atoms. The Morgan fingerprint density at radius 2 is 1.55 bits per heavy atom. The van der Waals surface area contributed by atoms with Crippen molar-refractivity contribution >= 4 is 11.8 Å². The van der Waals surface area contributed by atoms with E-state index in [0.717, 1.165) is 6.42 Å². The Kier molecular flexibility index (Phi) is 13.4. The summed E-state index contributed by atoms with van der Waals surface area (Å²) in [6.45, 7) is 4.91. The van der Waals surface area contributed by atoms with Crippen molar-refractivity contribution < 1.29 is 23.8 Å². The van der Waals surface area contributed by atoms with Crippen LogP contribution >= 0.6 is 0 Å². The summed E-state index contributed by atoms with van der Waals surface area (Å²) in [5.41, 5.74) is 0. The molecule has 0 rings (SSSR count). The highest BCUT2D eigenvalue weighted by Crippen LogP contribution is 1.85. The second-order valence-electron chi connectivity index (χ2n) is 4.11. The van der Waals surface area contributed by atoms with Gasteiger partial charge in [0.15, 0.2) is 0 Å². The Hall–Kier alpha value is -1.18. The maximum absolute atomic E-state index is 11.2. The molecule has 0 saturated carbocycles. The summed E-state index contributed by atoms with van der Waals surface area (Å²) in [6, 6.07) is 0. The molecule has 0 atom stereocenters. The van der Waals surface area contributed by atoms with Gasteiger partial charge >= 0.3 is 0 Å². The van der Waals surface area contributed by atoms with Gasteiger partial charge in [-0.1, -0.05) is 6.92 Å². The maximum atomic E-state index is 11.2. The lowest BCUT2D eigenvalue weighted by Crippen LogP contribution is -2.30. The summed E-state index contributed by atoms with van der Waals surface area (Å²) in [5, 5.41) is 5.41. The van der Waals surface area contributed by atoms with Crippen molar-refractivity contribution in [3.8, 4) is 0 Å². The van der Waals surface area contributed by atoms with Crippen LogP contribution in [0.3, 0.4) is 0 Å². The summed E-state index contributed by atoms with van der Waals surface area (Å²) < 4.78 is 15.2. The summed E-state index contributed by atoms with van der Waals surface area (Å²) >= 11 is 0. The molecule has 0 aliphatic heterocycles. The Bertz CT molecular complexity index is 261. The van der Waals surface area contributed by atoms with Crippen molar-refractivity contribution in [1.82, 2.24) is 10.6 Å². The van der Waals surface area contributed by atoms with Crippen LogP contribution in [-0.2, 0) is 23.8 Å². The van der Waals surface area contributed by atoms with Gasteiger partial charge in [-0.05, 0) is 6.42 Å². The highest BCUT2D eigenvalue weighted by molar-refractivity contribution is 5.77. The fraction of sp³-hybridized carbons (Fsp3) is 0.846. The van der Waals surface area contributed by atoms with Crippen molar-refractivity contribution in [3.63, 3.8) is 0 Å². The van der Waals surface area contributed by atoms with Crippen molar-refractivity contribution in [3.05, 3.63) is 0 Å². The maximum Gasteiger partial charge on any atom is 0.246 e. The van der Waals surface area contributed by atoms with Crippen molar-refractivity contribution in [2.45, 2.75) is 19.8 Å². The van der Waals surface area contributed by atoms with Crippen LogP contribution in [0, 0.1) is 0 Å². The second-order valence-corrected chi connectivity index (χ2v) is 4.11. The zero-order valence-electron chi connectivity index (χ0n) is 12.4. The fourth-order valence-corrected chi connectivity index (χ4v) is 1.28. The highest BCUT2D eigenvalue weighted by atomic mass is 16.5. The van der Waals surface area contributed by atoms with Crippen LogP contribution in [0.5, 0.6) is 0 Å². The molecule has 0 aliphatic carbocycles. The van der Waals surface area contributed by atoms with Gasteiger partial charge in [0, 0.05) is 26.6 Å². The van der Waals surface area contributed by atoms with E-state index in [-0.39, 0.29) is 18.4 Å². The molecule has 0 unspecified atom stereocenters. The number of carbonyl (C=O) groups excluding carboxylic acids is 2. The normalized spacial score (nSPS) is 10.3. The molecule has 0 aromatic rings. The molecule has 0 bridgehead atoms. The van der Waals surface area contributed by atoms with Crippen molar-refractivity contribution in [2.24, 2.45) is 0 Å². The molecular weight excluding hydrogens is 264 g/mol. The standard InChI is InChI=1S/C13H26N2O5/c1-3-5-14-12(16)4-7-19-9-10-20-8-6-15-13(17)11-18-2/h3-11H2,1-2H3,(H,14,16)(H,15,17). The quantitative estimate of drug-likeness (QED) is 0.455. The first-order valence-electron chi connectivity index (χ1n) is 6.88. The zero-order valence-corrected chi connectivity index (χ0v) is 12.4. The van der Waals surface area contributed by atoms with E-state index in [4.69, 9.17) is 9.47 Å². The number of methoxy groups -OCH3 is 1. The lowest BCUT2D eigenvalue weighted by Gasteiger charge is -2.07. The van der Waals surface area contributed by atoms with Gasteiger partial charge < -0.3 is 24.8 Å². The van der Waals surface area contributed by atoms with E-state index in [1.54, 1.807) is 0 Å². The number of rotatable bonds is 13. The smallest absolute Gasteiger partial charge is 0.246 e. The summed E-state index contributed by atoms with van der Waals surface area (Å²) in [5.74, 6) is -0.154. The van der Waals surface area contributed by atoms with E-state index in [9.17, 15) is 9.59 Å². The molecule has 0 aromatic heterocycles. The predicted octanol–water partition coefficient (Wildman–Crippen LogP) is -0.301. The van der Waals surface area contributed by atoms with E-state index in [0.29, 0.717) is 45.9 Å². The van der Waals surface area contributed by atoms with E-state index >= 15 is 0 Å². The molecule has 2 amide bonds. The molecule has 0 heterocycles. The van der Waals surface area contributed by atoms with Crippen LogP contribution in [0.25, 0.3) is 0 Å². The van der Waals surface area contributed by atoms with Gasteiger partial charge in [0.25, 0.3) is 0 Å². The molecular formula is C13H26N2O5. The average Bonchev–Trinajstić information content (AvgIpc) is 2.43. The Balaban J connectivity index is 3.17. The first-order valence-corrected chi connectivity index (χ1v) is 6.88. The van der Waals surface area contributed by atoms with Crippen LogP contribution in [0.2, 0.25) is 0 Å².